The molecule has 0 heterocycles. The van der Waals surface area contributed by atoms with Crippen LogP contribution in [0.3, 0.4) is 0 Å². The topological polar surface area (TPSA) is 90.9 Å². The second kappa shape index (κ2) is 7.63. The van der Waals surface area contributed by atoms with Crippen LogP contribution in [0.15, 0.2) is 0 Å². The highest BCUT2D eigenvalue weighted by atomic mass is 16.5. The van der Waals surface area contributed by atoms with Gasteiger partial charge < -0.3 is 19.5 Å². The number of ether oxygens (including phenoxy) is 3. The monoisotopic (exact) mass is 233 g/mol. The normalized spacial score (nSPS) is 11.4. The van der Waals surface area contributed by atoms with Crippen LogP contribution in [0, 0.1) is 0 Å². The van der Waals surface area contributed by atoms with Crippen LogP contribution in [0.1, 0.15) is 6.42 Å². The number of carbonyl (C=O) groups is 3. The molecule has 16 heavy (non-hydrogen) atoms. The van der Waals surface area contributed by atoms with Crippen LogP contribution in [-0.2, 0) is 28.6 Å². The van der Waals surface area contributed by atoms with Crippen LogP contribution < -0.4 is 5.32 Å². The van der Waals surface area contributed by atoms with E-state index < -0.39 is 23.9 Å². The molecule has 0 aromatic heterocycles. The molecule has 0 aromatic rings. The standard InChI is InChI=1S/C9H15NO6/c1-14-5-7(11)10-6(9(13)16-3)4-8(12)15-2/h6H,4-5H2,1-3H3,(H,10,11)/t6-/m0/s1. The number of hydrogen-bond acceptors (Lipinski definition) is 6. The molecule has 0 spiro atoms. The maximum atomic E-state index is 11.2. The number of rotatable bonds is 6. The van der Waals surface area contributed by atoms with Crippen molar-refractivity contribution in [2.24, 2.45) is 0 Å². The second-order valence-electron chi connectivity index (χ2n) is 2.86. The number of methoxy groups -OCH3 is 3. The lowest BCUT2D eigenvalue weighted by molar-refractivity contribution is -0.151. The van der Waals surface area contributed by atoms with Gasteiger partial charge in [-0.2, -0.15) is 0 Å². The molecule has 0 saturated carbocycles. The molecule has 1 N–H and O–H groups in total. The number of esters is 2. The molecule has 0 bridgehead atoms. The Kier molecular flexibility index (Phi) is 6.86. The fourth-order valence-corrected chi connectivity index (χ4v) is 0.953. The molecule has 0 aliphatic rings. The minimum atomic E-state index is -1.06. The van der Waals surface area contributed by atoms with Gasteiger partial charge in [0.25, 0.3) is 0 Å². The van der Waals surface area contributed by atoms with Crippen molar-refractivity contribution in [3.8, 4) is 0 Å². The van der Waals surface area contributed by atoms with Crippen LogP contribution in [0.2, 0.25) is 0 Å². The summed E-state index contributed by atoms with van der Waals surface area (Å²) in [4.78, 5) is 33.3. The van der Waals surface area contributed by atoms with E-state index in [9.17, 15) is 14.4 Å². The highest BCUT2D eigenvalue weighted by molar-refractivity contribution is 5.88. The van der Waals surface area contributed by atoms with Gasteiger partial charge in [-0.1, -0.05) is 0 Å². The van der Waals surface area contributed by atoms with Crippen LogP contribution in [0.5, 0.6) is 0 Å². The zero-order valence-electron chi connectivity index (χ0n) is 9.44. The predicted octanol–water partition coefficient (Wildman–Crippen LogP) is -1.15. The number of hydrogen-bond donors (Lipinski definition) is 1. The largest absolute Gasteiger partial charge is 0.469 e. The first-order valence-corrected chi connectivity index (χ1v) is 4.48. The zero-order valence-corrected chi connectivity index (χ0v) is 9.44. The van der Waals surface area contributed by atoms with Crippen molar-refractivity contribution >= 4 is 17.8 Å². The van der Waals surface area contributed by atoms with Crippen molar-refractivity contribution in [3.05, 3.63) is 0 Å². The van der Waals surface area contributed by atoms with Gasteiger partial charge in [0, 0.05) is 7.11 Å². The number of amides is 1. The Morgan fingerprint density at radius 1 is 1.12 bits per heavy atom. The minimum absolute atomic E-state index is 0.200. The summed E-state index contributed by atoms with van der Waals surface area (Å²) in [7, 11) is 3.69. The maximum absolute atomic E-state index is 11.2. The molecular weight excluding hydrogens is 218 g/mol. The lowest BCUT2D eigenvalue weighted by atomic mass is 10.2. The zero-order chi connectivity index (χ0) is 12.6. The van der Waals surface area contributed by atoms with Gasteiger partial charge >= 0.3 is 11.9 Å². The van der Waals surface area contributed by atoms with Crippen LogP contribution in [-0.4, -0.2) is 51.8 Å². The van der Waals surface area contributed by atoms with E-state index in [1.807, 2.05) is 0 Å². The van der Waals surface area contributed by atoms with Crippen molar-refractivity contribution in [2.45, 2.75) is 12.5 Å². The summed E-state index contributed by atoms with van der Waals surface area (Å²) in [5.41, 5.74) is 0. The lowest BCUT2D eigenvalue weighted by Gasteiger charge is -2.14. The van der Waals surface area contributed by atoms with E-state index in [0.29, 0.717) is 0 Å². The Morgan fingerprint density at radius 3 is 2.19 bits per heavy atom. The number of nitrogens with one attached hydrogen (secondary N) is 1. The lowest BCUT2D eigenvalue weighted by Crippen LogP contribution is -2.44. The molecule has 0 radical (unpaired) electrons. The van der Waals surface area contributed by atoms with E-state index in [-0.39, 0.29) is 13.0 Å². The van der Waals surface area contributed by atoms with Crippen LogP contribution in [0.4, 0.5) is 0 Å². The molecule has 0 aliphatic heterocycles. The third-order valence-corrected chi connectivity index (χ3v) is 1.69. The summed E-state index contributed by atoms with van der Waals surface area (Å²) in [6.07, 6.45) is -0.279. The molecule has 1 amide bonds. The van der Waals surface area contributed by atoms with Crippen molar-refractivity contribution in [2.75, 3.05) is 27.9 Å². The third kappa shape index (κ3) is 5.30. The molecule has 0 unspecified atom stereocenters. The maximum Gasteiger partial charge on any atom is 0.328 e. The van der Waals surface area contributed by atoms with Crippen molar-refractivity contribution in [1.29, 1.82) is 0 Å². The van der Waals surface area contributed by atoms with Gasteiger partial charge in [0.05, 0.1) is 20.6 Å². The minimum Gasteiger partial charge on any atom is -0.469 e. The average molecular weight is 233 g/mol. The van der Waals surface area contributed by atoms with Gasteiger partial charge in [-0.15, -0.1) is 0 Å². The van der Waals surface area contributed by atoms with Gasteiger partial charge in [0.1, 0.15) is 12.6 Å². The molecule has 7 heteroatoms. The summed E-state index contributed by atoms with van der Waals surface area (Å²) < 4.78 is 13.4. The van der Waals surface area contributed by atoms with E-state index >= 15 is 0 Å². The smallest absolute Gasteiger partial charge is 0.328 e. The van der Waals surface area contributed by atoms with E-state index in [2.05, 4.69) is 19.5 Å². The Bertz CT molecular complexity index is 265. The molecule has 0 aromatic carbocycles. The molecule has 0 rings (SSSR count). The van der Waals surface area contributed by atoms with E-state index in [1.165, 1.54) is 14.2 Å². The van der Waals surface area contributed by atoms with Gasteiger partial charge in [0.2, 0.25) is 5.91 Å². The fraction of sp³-hybridized carbons (Fsp3) is 0.667. The van der Waals surface area contributed by atoms with E-state index in [0.717, 1.165) is 7.11 Å². The summed E-state index contributed by atoms with van der Waals surface area (Å²) in [6.45, 7) is -0.200. The highest BCUT2D eigenvalue weighted by Crippen LogP contribution is 1.97. The molecule has 0 aliphatic carbocycles. The first-order valence-electron chi connectivity index (χ1n) is 4.48. The second-order valence-corrected chi connectivity index (χ2v) is 2.86. The summed E-state index contributed by atoms with van der Waals surface area (Å²) >= 11 is 0. The summed E-state index contributed by atoms with van der Waals surface area (Å²) in [5, 5.41) is 2.29. The van der Waals surface area contributed by atoms with E-state index in [4.69, 9.17) is 0 Å². The first kappa shape index (κ1) is 14.4. The Hall–Kier alpha value is -1.63. The predicted molar refractivity (Wildman–Crippen MR) is 52.5 cm³/mol. The molecule has 92 valence electrons. The quantitative estimate of drug-likeness (QED) is 0.583. The third-order valence-electron chi connectivity index (χ3n) is 1.69. The van der Waals surface area contributed by atoms with Gasteiger partial charge in [-0.05, 0) is 0 Å². The fourth-order valence-electron chi connectivity index (χ4n) is 0.953. The van der Waals surface area contributed by atoms with Crippen LogP contribution >= 0.6 is 0 Å². The number of carbonyl (C=O) groups excluding carboxylic acids is 3. The van der Waals surface area contributed by atoms with Crippen molar-refractivity contribution in [3.63, 3.8) is 0 Å². The molecule has 0 saturated heterocycles. The molecule has 1 atom stereocenters. The van der Waals surface area contributed by atoms with Gasteiger partial charge in [-0.3, -0.25) is 9.59 Å². The van der Waals surface area contributed by atoms with Crippen molar-refractivity contribution < 1.29 is 28.6 Å². The molecule has 7 nitrogen and oxygen atoms in total. The first-order chi connectivity index (χ1) is 7.54. The Balaban J connectivity index is 4.37. The summed E-state index contributed by atoms with van der Waals surface area (Å²) in [6, 6.07) is -1.06. The van der Waals surface area contributed by atoms with Gasteiger partial charge in [-0.25, -0.2) is 4.79 Å². The molecular formula is C9H15NO6. The Morgan fingerprint density at radius 2 is 1.75 bits per heavy atom. The van der Waals surface area contributed by atoms with Crippen LogP contribution in [0.25, 0.3) is 0 Å². The average Bonchev–Trinajstić information content (AvgIpc) is 2.27. The SMILES string of the molecule is COCC(=O)N[C@@H](CC(=O)OC)C(=O)OC. The Labute approximate surface area is 93.0 Å². The van der Waals surface area contributed by atoms with Crippen molar-refractivity contribution in [1.82, 2.24) is 5.32 Å². The molecule has 0 fully saturated rings. The highest BCUT2D eigenvalue weighted by Gasteiger charge is 2.24. The van der Waals surface area contributed by atoms with E-state index in [1.54, 1.807) is 0 Å². The van der Waals surface area contributed by atoms with Gasteiger partial charge in [0.15, 0.2) is 0 Å². The summed E-state index contributed by atoms with van der Waals surface area (Å²) in [5.74, 6) is -1.84.